The average molecular weight is 258 g/mol. The van der Waals surface area contributed by atoms with Crippen molar-refractivity contribution in [1.29, 1.82) is 0 Å². The summed E-state index contributed by atoms with van der Waals surface area (Å²) in [5.41, 5.74) is 5.32. The van der Waals surface area contributed by atoms with E-state index in [4.69, 9.17) is 0 Å². The molecule has 0 radical (unpaired) electrons. The molecule has 0 bridgehead atoms. The van der Waals surface area contributed by atoms with Crippen LogP contribution in [0.15, 0.2) is 29.8 Å². The van der Waals surface area contributed by atoms with Gasteiger partial charge in [-0.1, -0.05) is 0 Å². The molecule has 1 atom stereocenters. The topological polar surface area (TPSA) is 42.0 Å². The Hall–Kier alpha value is -1.33. The van der Waals surface area contributed by atoms with Crippen molar-refractivity contribution in [3.05, 3.63) is 41.0 Å². The third-order valence-electron chi connectivity index (χ3n) is 2.93. The molecule has 0 fully saturated rings. The maximum atomic E-state index is 10.3. The number of rotatable bonds is 5. The zero-order valence-corrected chi connectivity index (χ0v) is 11.3. The molecule has 2 aromatic rings. The summed E-state index contributed by atoms with van der Waals surface area (Å²) in [6, 6.07) is 8.59. The molecule has 1 N–H and O–H groups in total. The molecule has 1 aromatic heterocycles. The van der Waals surface area contributed by atoms with Crippen LogP contribution in [-0.4, -0.2) is 18.6 Å². The summed E-state index contributed by atoms with van der Waals surface area (Å²) in [5, 5.41) is 3.14. The number of aromatic nitrogens is 1. The van der Waals surface area contributed by atoms with E-state index >= 15 is 0 Å². The third-order valence-corrected chi connectivity index (χ3v) is 3.90. The van der Waals surface area contributed by atoms with E-state index in [1.807, 2.05) is 12.4 Å². The Labute approximate surface area is 112 Å². The monoisotopic (exact) mass is 258 g/mol. The fourth-order valence-electron chi connectivity index (χ4n) is 1.84. The normalized spacial score (nSPS) is 12.1. The SMILES string of the molecule is Cc1ncsc1-c1ccc([C@H](C)NCB=O)cc1. The van der Waals surface area contributed by atoms with E-state index in [0.717, 1.165) is 12.8 Å². The van der Waals surface area contributed by atoms with E-state index in [-0.39, 0.29) is 6.04 Å². The molecule has 1 aromatic carbocycles. The summed E-state index contributed by atoms with van der Waals surface area (Å²) in [4.78, 5) is 5.48. The number of hydrogen-bond acceptors (Lipinski definition) is 4. The van der Waals surface area contributed by atoms with Gasteiger partial charge in [0.25, 0.3) is 0 Å². The van der Waals surface area contributed by atoms with Gasteiger partial charge < -0.3 is 0 Å². The number of thiazole rings is 1. The number of nitrogens with one attached hydrogen (secondary N) is 1. The first kappa shape index (κ1) is 13.1. The van der Waals surface area contributed by atoms with E-state index in [1.165, 1.54) is 16.0 Å². The van der Waals surface area contributed by atoms with Gasteiger partial charge in [-0.05, 0) is 0 Å². The second-order valence-electron chi connectivity index (χ2n) is 4.19. The number of nitrogens with zero attached hydrogens (tertiary/aromatic N) is 1. The molecule has 0 saturated heterocycles. The zero-order valence-electron chi connectivity index (χ0n) is 10.5. The second kappa shape index (κ2) is 6.02. The van der Waals surface area contributed by atoms with Crippen molar-refractivity contribution in [3.8, 4) is 10.4 Å². The molecule has 0 unspecified atom stereocenters. The molecule has 5 heteroatoms. The molecule has 0 spiro atoms. The van der Waals surface area contributed by atoms with Crippen LogP contribution in [-0.2, 0) is 4.70 Å². The minimum absolute atomic E-state index is 0.187. The van der Waals surface area contributed by atoms with Crippen molar-refractivity contribution in [3.63, 3.8) is 0 Å². The molecule has 0 aliphatic carbocycles. The minimum atomic E-state index is 0.187. The summed E-state index contributed by atoms with van der Waals surface area (Å²) in [6.07, 6.45) is 0.386. The van der Waals surface area contributed by atoms with E-state index in [1.54, 1.807) is 11.3 Å². The number of benzene rings is 1. The van der Waals surface area contributed by atoms with Gasteiger partial charge in [-0.3, -0.25) is 0 Å². The molecule has 0 saturated carbocycles. The zero-order chi connectivity index (χ0) is 13.0. The van der Waals surface area contributed by atoms with Crippen LogP contribution in [0.2, 0.25) is 0 Å². The van der Waals surface area contributed by atoms with Crippen LogP contribution in [0.1, 0.15) is 24.2 Å². The second-order valence-corrected chi connectivity index (χ2v) is 5.04. The first-order valence-corrected chi connectivity index (χ1v) is 6.77. The van der Waals surface area contributed by atoms with Gasteiger partial charge >= 0.3 is 111 Å². The van der Waals surface area contributed by atoms with Crippen LogP contribution < -0.4 is 5.32 Å². The first-order valence-electron chi connectivity index (χ1n) is 5.90. The number of hydrogen-bond donors (Lipinski definition) is 1. The fourth-order valence-corrected chi connectivity index (χ4v) is 2.66. The van der Waals surface area contributed by atoms with Crippen molar-refractivity contribution in [2.75, 3.05) is 6.44 Å². The summed E-state index contributed by atoms with van der Waals surface area (Å²) in [7, 11) is 0.881. The average Bonchev–Trinajstić information content (AvgIpc) is 2.82. The Kier molecular flexibility index (Phi) is 4.39. The van der Waals surface area contributed by atoms with Crippen molar-refractivity contribution < 1.29 is 4.70 Å². The van der Waals surface area contributed by atoms with Gasteiger partial charge in [0.05, 0.1) is 0 Å². The standard InChI is InChI=1S/C13H15BN2OS/c1-9(15-7-14-17)11-3-5-12(6-4-11)13-10(2)16-8-18-13/h3-6,8-9,15H,7H2,1-2H3/t9-/m0/s1. The van der Waals surface area contributed by atoms with Gasteiger partial charge in [-0.15, -0.1) is 0 Å². The van der Waals surface area contributed by atoms with E-state index in [0.29, 0.717) is 6.44 Å². The van der Waals surface area contributed by atoms with Crippen LogP contribution in [0.5, 0.6) is 0 Å². The maximum absolute atomic E-state index is 10.3. The van der Waals surface area contributed by atoms with Crippen molar-refractivity contribution >= 4 is 18.5 Å². The molecule has 1 heterocycles. The summed E-state index contributed by atoms with van der Waals surface area (Å²) in [6.45, 7) is 4.07. The molecule has 3 nitrogen and oxygen atoms in total. The predicted molar refractivity (Wildman–Crippen MR) is 75.1 cm³/mol. The Morgan fingerprint density at radius 3 is 2.67 bits per heavy atom. The van der Waals surface area contributed by atoms with Crippen molar-refractivity contribution in [2.24, 2.45) is 0 Å². The summed E-state index contributed by atoms with van der Waals surface area (Å²) in [5.74, 6) is 0. The predicted octanol–water partition coefficient (Wildman–Crippen LogP) is 2.78. The first-order chi connectivity index (χ1) is 8.72. The van der Waals surface area contributed by atoms with Gasteiger partial charge in [0.15, 0.2) is 0 Å². The Morgan fingerprint density at radius 1 is 1.39 bits per heavy atom. The Bertz CT molecular complexity index is 524. The molecule has 2 rings (SSSR count). The molecule has 0 aliphatic rings. The van der Waals surface area contributed by atoms with Crippen LogP contribution in [0.4, 0.5) is 0 Å². The number of aryl methyl sites for hydroxylation is 1. The Morgan fingerprint density at radius 2 is 2.11 bits per heavy atom. The van der Waals surface area contributed by atoms with Crippen LogP contribution in [0.3, 0.4) is 0 Å². The molecule has 18 heavy (non-hydrogen) atoms. The molecular formula is C13H15BN2OS. The van der Waals surface area contributed by atoms with Gasteiger partial charge in [-0.2, -0.15) is 0 Å². The molecule has 0 amide bonds. The van der Waals surface area contributed by atoms with Crippen molar-refractivity contribution in [1.82, 2.24) is 10.3 Å². The molecular weight excluding hydrogens is 243 g/mol. The van der Waals surface area contributed by atoms with Gasteiger partial charge in [0.2, 0.25) is 0 Å². The quantitative estimate of drug-likeness (QED) is 0.838. The summed E-state index contributed by atoms with van der Waals surface area (Å²) >= 11 is 1.66. The molecule has 92 valence electrons. The van der Waals surface area contributed by atoms with Crippen LogP contribution >= 0.6 is 11.3 Å². The van der Waals surface area contributed by atoms with E-state index in [9.17, 15) is 4.70 Å². The molecule has 0 aliphatic heterocycles. The van der Waals surface area contributed by atoms with E-state index < -0.39 is 0 Å². The third kappa shape index (κ3) is 2.92. The van der Waals surface area contributed by atoms with Crippen LogP contribution in [0.25, 0.3) is 10.4 Å². The van der Waals surface area contributed by atoms with Gasteiger partial charge in [0, 0.05) is 0 Å². The van der Waals surface area contributed by atoms with Gasteiger partial charge in [-0.25, -0.2) is 0 Å². The van der Waals surface area contributed by atoms with Crippen molar-refractivity contribution in [2.45, 2.75) is 19.9 Å². The Balaban J connectivity index is 2.15. The van der Waals surface area contributed by atoms with Crippen LogP contribution in [0, 0.1) is 6.92 Å². The fraction of sp³-hybridized carbons (Fsp3) is 0.308. The summed E-state index contributed by atoms with van der Waals surface area (Å²) < 4.78 is 10.3. The van der Waals surface area contributed by atoms with Gasteiger partial charge in [0.1, 0.15) is 0 Å². The van der Waals surface area contributed by atoms with E-state index in [2.05, 4.69) is 41.5 Å².